The first-order chi connectivity index (χ1) is 15.2. The summed E-state index contributed by atoms with van der Waals surface area (Å²) in [5, 5.41) is 16.0. The molecule has 1 amide bonds. The molecule has 2 aromatic carbocycles. The van der Waals surface area contributed by atoms with Gasteiger partial charge in [0.15, 0.2) is 6.61 Å². The van der Waals surface area contributed by atoms with Crippen molar-refractivity contribution in [2.24, 2.45) is 0 Å². The number of nitrogens with one attached hydrogen (secondary N) is 2. The Hall–Kier alpha value is -2.32. The normalized spacial score (nSPS) is 11.3. The van der Waals surface area contributed by atoms with Crippen molar-refractivity contribution in [1.29, 1.82) is 0 Å². The van der Waals surface area contributed by atoms with E-state index in [9.17, 15) is 9.90 Å². The average molecular weight is 467 g/mol. The second kappa shape index (κ2) is 17.3. The molecule has 8 heteroatoms. The topological polar surface area (TPSA) is 89.1 Å². The van der Waals surface area contributed by atoms with Gasteiger partial charge < -0.3 is 30.0 Å². The molecule has 0 saturated carbocycles. The Morgan fingerprint density at radius 2 is 1.72 bits per heavy atom. The van der Waals surface area contributed by atoms with Crippen molar-refractivity contribution in [3.05, 3.63) is 60.2 Å². The van der Waals surface area contributed by atoms with Crippen molar-refractivity contribution in [3.63, 3.8) is 0 Å². The van der Waals surface area contributed by atoms with Gasteiger partial charge in [-0.3, -0.25) is 4.79 Å². The van der Waals surface area contributed by atoms with E-state index in [1.165, 1.54) is 0 Å². The summed E-state index contributed by atoms with van der Waals surface area (Å²) >= 11 is 0. The molecule has 0 aliphatic heterocycles. The van der Waals surface area contributed by atoms with E-state index in [0.29, 0.717) is 32.1 Å². The predicted octanol–water partition coefficient (Wildman–Crippen LogP) is 2.60. The average Bonchev–Trinajstić information content (AvgIpc) is 2.80. The van der Waals surface area contributed by atoms with E-state index in [2.05, 4.69) is 10.6 Å². The number of carbonyl (C=O) groups excluding carboxylic acids is 1. The summed E-state index contributed by atoms with van der Waals surface area (Å²) in [7, 11) is 0. The zero-order valence-corrected chi connectivity index (χ0v) is 19.4. The smallest absolute Gasteiger partial charge is 0.257 e. The Balaban J connectivity index is 0.00000512. The highest BCUT2D eigenvalue weighted by atomic mass is 35.5. The van der Waals surface area contributed by atoms with E-state index in [-0.39, 0.29) is 31.5 Å². The van der Waals surface area contributed by atoms with Crippen LogP contribution in [0.4, 0.5) is 0 Å². The van der Waals surface area contributed by atoms with Gasteiger partial charge in [-0.2, -0.15) is 0 Å². The Morgan fingerprint density at radius 3 is 2.44 bits per heavy atom. The SMILES string of the molecule is CCOCCCNC(=O)COc1ccc(CCNCC(O)COc2ccccc2)cc1.Cl. The fourth-order valence-electron chi connectivity index (χ4n) is 2.77. The number of aliphatic hydroxyl groups excluding tert-OH is 1. The minimum atomic E-state index is -0.568. The quantitative estimate of drug-likeness (QED) is 0.329. The van der Waals surface area contributed by atoms with Crippen LogP contribution in [-0.4, -0.2) is 63.2 Å². The summed E-state index contributed by atoms with van der Waals surface area (Å²) in [6, 6.07) is 17.1. The number of halogens is 1. The maximum Gasteiger partial charge on any atom is 0.257 e. The largest absolute Gasteiger partial charge is 0.491 e. The lowest BCUT2D eigenvalue weighted by atomic mass is 10.1. The summed E-state index contributed by atoms with van der Waals surface area (Å²) in [5.74, 6) is 1.28. The monoisotopic (exact) mass is 466 g/mol. The second-order valence-corrected chi connectivity index (χ2v) is 7.07. The van der Waals surface area contributed by atoms with Crippen LogP contribution in [0.1, 0.15) is 18.9 Å². The zero-order chi connectivity index (χ0) is 22.2. The van der Waals surface area contributed by atoms with Crippen molar-refractivity contribution in [1.82, 2.24) is 10.6 Å². The summed E-state index contributed by atoms with van der Waals surface area (Å²) in [6.07, 6.45) is 1.05. The molecule has 2 aromatic rings. The first-order valence-corrected chi connectivity index (χ1v) is 10.8. The van der Waals surface area contributed by atoms with Crippen molar-refractivity contribution in [3.8, 4) is 11.5 Å². The fraction of sp³-hybridized carbons (Fsp3) is 0.458. The van der Waals surface area contributed by atoms with E-state index in [1.54, 1.807) is 0 Å². The molecular weight excluding hydrogens is 432 g/mol. The number of benzene rings is 2. The number of hydrogen-bond donors (Lipinski definition) is 3. The number of aliphatic hydroxyl groups is 1. The zero-order valence-electron chi connectivity index (χ0n) is 18.6. The van der Waals surface area contributed by atoms with Gasteiger partial charge in [0.25, 0.3) is 5.91 Å². The highest BCUT2D eigenvalue weighted by Crippen LogP contribution is 2.12. The molecule has 0 fully saturated rings. The van der Waals surface area contributed by atoms with Gasteiger partial charge in [-0.1, -0.05) is 30.3 Å². The molecule has 0 aliphatic carbocycles. The molecule has 7 nitrogen and oxygen atoms in total. The van der Waals surface area contributed by atoms with Crippen LogP contribution < -0.4 is 20.1 Å². The molecule has 3 N–H and O–H groups in total. The lowest BCUT2D eigenvalue weighted by Crippen LogP contribution is -2.32. The van der Waals surface area contributed by atoms with Crippen molar-refractivity contribution < 1.29 is 24.1 Å². The van der Waals surface area contributed by atoms with Gasteiger partial charge in [-0.25, -0.2) is 0 Å². The van der Waals surface area contributed by atoms with Gasteiger partial charge in [0.2, 0.25) is 0 Å². The molecule has 0 aliphatic rings. The first-order valence-electron chi connectivity index (χ1n) is 10.8. The van der Waals surface area contributed by atoms with Crippen LogP contribution in [0.15, 0.2) is 54.6 Å². The third kappa shape index (κ3) is 12.5. The number of carbonyl (C=O) groups is 1. The molecule has 1 unspecified atom stereocenters. The molecule has 1 atom stereocenters. The molecule has 32 heavy (non-hydrogen) atoms. The predicted molar refractivity (Wildman–Crippen MR) is 128 cm³/mol. The van der Waals surface area contributed by atoms with Gasteiger partial charge in [-0.05, 0) is 56.1 Å². The number of hydrogen-bond acceptors (Lipinski definition) is 6. The maximum absolute atomic E-state index is 11.8. The number of amides is 1. The Kier molecular flexibility index (Phi) is 14.9. The molecule has 2 rings (SSSR count). The van der Waals surface area contributed by atoms with Crippen LogP contribution in [0.3, 0.4) is 0 Å². The minimum absolute atomic E-state index is 0. The first kappa shape index (κ1) is 27.7. The lowest BCUT2D eigenvalue weighted by molar-refractivity contribution is -0.123. The standard InChI is InChI=1S/C24H34N2O5.ClH/c1-2-29-16-6-14-26-24(28)19-31-23-11-9-20(10-12-23)13-15-25-17-21(27)18-30-22-7-4-3-5-8-22;/h3-5,7-12,21,25,27H,2,6,13-19H2,1H3,(H,26,28);1H. The molecule has 0 heterocycles. The van der Waals surface area contributed by atoms with Crippen molar-refractivity contribution in [2.45, 2.75) is 25.9 Å². The Bertz CT molecular complexity index is 731. The molecule has 178 valence electrons. The molecular formula is C24H35ClN2O5. The van der Waals surface area contributed by atoms with Crippen LogP contribution in [0, 0.1) is 0 Å². The van der Waals surface area contributed by atoms with Gasteiger partial charge in [0, 0.05) is 26.3 Å². The number of ether oxygens (including phenoxy) is 3. The third-order valence-electron chi connectivity index (χ3n) is 4.44. The van der Waals surface area contributed by atoms with Crippen LogP contribution >= 0.6 is 12.4 Å². The third-order valence-corrected chi connectivity index (χ3v) is 4.44. The Labute approximate surface area is 196 Å². The van der Waals surface area contributed by atoms with Crippen molar-refractivity contribution in [2.75, 3.05) is 46.1 Å². The highest BCUT2D eigenvalue weighted by molar-refractivity contribution is 5.85. The van der Waals surface area contributed by atoms with Crippen LogP contribution in [0.25, 0.3) is 0 Å². The van der Waals surface area contributed by atoms with E-state index < -0.39 is 6.10 Å². The van der Waals surface area contributed by atoms with Gasteiger partial charge in [-0.15, -0.1) is 12.4 Å². The van der Waals surface area contributed by atoms with E-state index in [1.807, 2.05) is 61.5 Å². The van der Waals surface area contributed by atoms with Crippen LogP contribution in [-0.2, 0) is 16.0 Å². The van der Waals surface area contributed by atoms with Gasteiger partial charge in [0.05, 0.1) is 0 Å². The Morgan fingerprint density at radius 1 is 1.00 bits per heavy atom. The molecule has 0 bridgehead atoms. The molecule has 0 spiro atoms. The number of rotatable bonds is 16. The summed E-state index contributed by atoms with van der Waals surface area (Å²) in [6.45, 7) is 5.33. The van der Waals surface area contributed by atoms with E-state index in [4.69, 9.17) is 14.2 Å². The summed E-state index contributed by atoms with van der Waals surface area (Å²) < 4.78 is 16.3. The van der Waals surface area contributed by atoms with E-state index >= 15 is 0 Å². The fourth-order valence-corrected chi connectivity index (χ4v) is 2.77. The molecule has 0 aromatic heterocycles. The molecule has 0 radical (unpaired) electrons. The van der Waals surface area contributed by atoms with Gasteiger partial charge in [0.1, 0.15) is 24.2 Å². The van der Waals surface area contributed by atoms with Crippen molar-refractivity contribution >= 4 is 18.3 Å². The summed E-state index contributed by atoms with van der Waals surface area (Å²) in [5.41, 5.74) is 1.15. The maximum atomic E-state index is 11.8. The van der Waals surface area contributed by atoms with E-state index in [0.717, 1.165) is 30.7 Å². The lowest BCUT2D eigenvalue weighted by Gasteiger charge is -2.13. The van der Waals surface area contributed by atoms with Crippen LogP contribution in [0.5, 0.6) is 11.5 Å². The summed E-state index contributed by atoms with van der Waals surface area (Å²) in [4.78, 5) is 11.8. The second-order valence-electron chi connectivity index (χ2n) is 7.07. The minimum Gasteiger partial charge on any atom is -0.491 e. The highest BCUT2D eigenvalue weighted by Gasteiger charge is 2.05. The van der Waals surface area contributed by atoms with Crippen LogP contribution in [0.2, 0.25) is 0 Å². The number of para-hydroxylation sites is 1. The molecule has 0 saturated heterocycles. The van der Waals surface area contributed by atoms with Gasteiger partial charge >= 0.3 is 0 Å².